The maximum Gasteiger partial charge on any atom is 0.157 e. The van der Waals surface area contributed by atoms with Gasteiger partial charge in [-0.2, -0.15) is 5.11 Å². The van der Waals surface area contributed by atoms with E-state index in [1.165, 1.54) is 6.07 Å². The molecule has 5 heteroatoms. The highest BCUT2D eigenvalue weighted by Crippen LogP contribution is 2.30. The van der Waals surface area contributed by atoms with E-state index in [1.54, 1.807) is 19.1 Å². The van der Waals surface area contributed by atoms with Crippen molar-refractivity contribution in [2.24, 2.45) is 10.2 Å². The molecule has 0 saturated carbocycles. The predicted octanol–water partition coefficient (Wildman–Crippen LogP) is 5.32. The van der Waals surface area contributed by atoms with Crippen LogP contribution in [-0.2, 0) is 6.42 Å². The number of nitrogens with zero attached hydrogens (tertiary/aromatic N) is 3. The van der Waals surface area contributed by atoms with Crippen LogP contribution in [0.15, 0.2) is 40.6 Å². The van der Waals surface area contributed by atoms with Gasteiger partial charge >= 0.3 is 0 Å². The van der Waals surface area contributed by atoms with Gasteiger partial charge in [0.15, 0.2) is 17.3 Å². The maximum absolute atomic E-state index is 14.2. The van der Waals surface area contributed by atoms with Crippen LogP contribution in [0.3, 0.4) is 0 Å². The standard InChI is InChI=1S/C17H19F2N3/c1-5-12-10-11(2)15(18)17(16(12)19)21-20-13-6-8-14(9-7-13)22(3)4/h6-10H,5H2,1-4H3. The number of anilines is 1. The molecule has 2 aromatic carbocycles. The first kappa shape index (κ1) is 16.1. The van der Waals surface area contributed by atoms with E-state index in [2.05, 4.69) is 10.2 Å². The number of rotatable bonds is 4. The molecule has 0 aliphatic heterocycles. The van der Waals surface area contributed by atoms with E-state index >= 15 is 0 Å². The molecule has 0 spiro atoms. The minimum Gasteiger partial charge on any atom is -0.378 e. The van der Waals surface area contributed by atoms with E-state index in [9.17, 15) is 8.78 Å². The highest BCUT2D eigenvalue weighted by Gasteiger charge is 2.15. The Balaban J connectivity index is 2.35. The van der Waals surface area contributed by atoms with E-state index in [-0.39, 0.29) is 5.69 Å². The lowest BCUT2D eigenvalue weighted by molar-refractivity contribution is 0.570. The summed E-state index contributed by atoms with van der Waals surface area (Å²) in [6.07, 6.45) is 0.479. The van der Waals surface area contributed by atoms with Crippen LogP contribution >= 0.6 is 0 Å². The Morgan fingerprint density at radius 2 is 1.64 bits per heavy atom. The smallest absolute Gasteiger partial charge is 0.157 e. The monoisotopic (exact) mass is 303 g/mol. The van der Waals surface area contributed by atoms with Crippen LogP contribution in [0.1, 0.15) is 18.1 Å². The Labute approximate surface area is 129 Å². The summed E-state index contributed by atoms with van der Waals surface area (Å²) in [6.45, 7) is 3.41. The van der Waals surface area contributed by atoms with Gasteiger partial charge in [-0.1, -0.05) is 13.0 Å². The zero-order chi connectivity index (χ0) is 16.3. The highest BCUT2D eigenvalue weighted by atomic mass is 19.1. The molecule has 22 heavy (non-hydrogen) atoms. The summed E-state index contributed by atoms with van der Waals surface area (Å²) in [5.74, 6) is -1.30. The summed E-state index contributed by atoms with van der Waals surface area (Å²) in [5.41, 5.74) is 2.04. The van der Waals surface area contributed by atoms with E-state index in [0.717, 1.165) is 5.69 Å². The quantitative estimate of drug-likeness (QED) is 0.703. The van der Waals surface area contributed by atoms with Crippen molar-refractivity contribution in [3.05, 3.63) is 53.1 Å². The Morgan fingerprint density at radius 3 is 2.18 bits per heavy atom. The number of aryl methyl sites for hydroxylation is 2. The van der Waals surface area contributed by atoms with Crippen molar-refractivity contribution >= 4 is 17.1 Å². The number of benzene rings is 2. The zero-order valence-corrected chi connectivity index (χ0v) is 13.2. The predicted molar refractivity (Wildman–Crippen MR) is 85.4 cm³/mol. The first-order chi connectivity index (χ1) is 10.4. The summed E-state index contributed by atoms with van der Waals surface area (Å²) in [6, 6.07) is 8.76. The van der Waals surface area contributed by atoms with Crippen LogP contribution in [-0.4, -0.2) is 14.1 Å². The number of azo groups is 1. The van der Waals surface area contributed by atoms with Gasteiger partial charge in [0.1, 0.15) is 0 Å². The third-order valence-electron chi connectivity index (χ3n) is 3.45. The molecule has 0 bridgehead atoms. The van der Waals surface area contributed by atoms with E-state index in [4.69, 9.17) is 0 Å². The van der Waals surface area contributed by atoms with Crippen molar-refractivity contribution in [1.29, 1.82) is 0 Å². The van der Waals surface area contributed by atoms with Crippen molar-refractivity contribution in [3.63, 3.8) is 0 Å². The molecule has 2 aromatic rings. The van der Waals surface area contributed by atoms with E-state index in [1.807, 2.05) is 38.1 Å². The third-order valence-corrected chi connectivity index (χ3v) is 3.45. The Kier molecular flexibility index (Phi) is 4.85. The Morgan fingerprint density at radius 1 is 1.00 bits per heavy atom. The molecular weight excluding hydrogens is 284 g/mol. The van der Waals surface area contributed by atoms with Gasteiger partial charge in [-0.3, -0.25) is 0 Å². The number of hydrogen-bond donors (Lipinski definition) is 0. The van der Waals surface area contributed by atoms with Crippen molar-refractivity contribution < 1.29 is 8.78 Å². The van der Waals surface area contributed by atoms with Crippen LogP contribution in [0.25, 0.3) is 0 Å². The molecule has 116 valence electrons. The second kappa shape index (κ2) is 6.64. The first-order valence-corrected chi connectivity index (χ1v) is 7.10. The third kappa shape index (κ3) is 3.30. The average molecular weight is 303 g/mol. The van der Waals surface area contributed by atoms with Crippen LogP contribution in [0.5, 0.6) is 0 Å². The molecule has 2 rings (SSSR count). The lowest BCUT2D eigenvalue weighted by Gasteiger charge is -2.11. The van der Waals surface area contributed by atoms with Gasteiger partial charge in [-0.05, 0) is 48.7 Å². The SMILES string of the molecule is CCc1cc(C)c(F)c(N=Nc2ccc(N(C)C)cc2)c1F. The summed E-state index contributed by atoms with van der Waals surface area (Å²) >= 11 is 0. The van der Waals surface area contributed by atoms with Crippen LogP contribution in [0, 0.1) is 18.6 Å². The topological polar surface area (TPSA) is 28.0 Å². The second-order valence-electron chi connectivity index (χ2n) is 5.29. The average Bonchev–Trinajstić information content (AvgIpc) is 2.51. The van der Waals surface area contributed by atoms with Crippen molar-refractivity contribution in [2.75, 3.05) is 19.0 Å². The molecule has 0 aromatic heterocycles. The van der Waals surface area contributed by atoms with Crippen LogP contribution in [0.2, 0.25) is 0 Å². The largest absolute Gasteiger partial charge is 0.378 e. The molecule has 0 radical (unpaired) electrons. The summed E-state index contributed by atoms with van der Waals surface area (Å²) in [4.78, 5) is 1.95. The molecule has 0 unspecified atom stereocenters. The molecule has 0 atom stereocenters. The van der Waals surface area contributed by atoms with Crippen LogP contribution in [0.4, 0.5) is 25.8 Å². The van der Waals surface area contributed by atoms with Crippen LogP contribution < -0.4 is 4.90 Å². The maximum atomic E-state index is 14.2. The molecule has 0 aliphatic carbocycles. The van der Waals surface area contributed by atoms with Gasteiger partial charge in [0.2, 0.25) is 0 Å². The molecule has 0 fully saturated rings. The van der Waals surface area contributed by atoms with Gasteiger partial charge in [-0.25, -0.2) is 8.78 Å². The van der Waals surface area contributed by atoms with Crippen molar-refractivity contribution in [1.82, 2.24) is 0 Å². The van der Waals surface area contributed by atoms with Gasteiger partial charge in [0.25, 0.3) is 0 Å². The fraction of sp³-hybridized carbons (Fsp3) is 0.294. The molecule has 0 N–H and O–H groups in total. The lowest BCUT2D eigenvalue weighted by atomic mass is 10.1. The number of hydrogen-bond acceptors (Lipinski definition) is 3. The summed E-state index contributed by atoms with van der Waals surface area (Å²) in [7, 11) is 3.86. The Hall–Kier alpha value is -2.30. The molecular formula is C17H19F2N3. The second-order valence-corrected chi connectivity index (χ2v) is 5.29. The number of halogens is 2. The van der Waals surface area contributed by atoms with Gasteiger partial charge in [0, 0.05) is 19.8 Å². The lowest BCUT2D eigenvalue weighted by Crippen LogP contribution is -2.07. The Bertz CT molecular complexity index is 692. The molecule has 0 saturated heterocycles. The summed E-state index contributed by atoms with van der Waals surface area (Å²) < 4.78 is 28.2. The van der Waals surface area contributed by atoms with Gasteiger partial charge < -0.3 is 4.90 Å². The fourth-order valence-electron chi connectivity index (χ4n) is 2.09. The molecule has 3 nitrogen and oxygen atoms in total. The molecule has 0 aliphatic rings. The first-order valence-electron chi connectivity index (χ1n) is 7.10. The summed E-state index contributed by atoms with van der Waals surface area (Å²) in [5, 5.41) is 7.72. The van der Waals surface area contributed by atoms with Crippen molar-refractivity contribution in [3.8, 4) is 0 Å². The highest BCUT2D eigenvalue weighted by molar-refractivity contribution is 5.52. The molecule has 0 amide bonds. The van der Waals surface area contributed by atoms with E-state index in [0.29, 0.717) is 23.2 Å². The van der Waals surface area contributed by atoms with Gasteiger partial charge in [-0.15, -0.1) is 5.11 Å². The zero-order valence-electron chi connectivity index (χ0n) is 13.2. The normalized spacial score (nSPS) is 11.2. The minimum absolute atomic E-state index is 0.325. The fourth-order valence-corrected chi connectivity index (χ4v) is 2.09. The minimum atomic E-state index is -0.664. The van der Waals surface area contributed by atoms with Crippen molar-refractivity contribution in [2.45, 2.75) is 20.3 Å². The molecule has 0 heterocycles. The van der Waals surface area contributed by atoms with Gasteiger partial charge in [0.05, 0.1) is 5.69 Å². The van der Waals surface area contributed by atoms with E-state index < -0.39 is 11.6 Å².